The van der Waals surface area contributed by atoms with Crippen molar-refractivity contribution < 1.29 is 10.2 Å². The van der Waals surface area contributed by atoms with Crippen LogP contribution in [-0.2, 0) is 6.54 Å². The lowest BCUT2D eigenvalue weighted by Crippen LogP contribution is -1.97. The van der Waals surface area contributed by atoms with E-state index in [0.717, 1.165) is 0 Å². The molecule has 0 aromatic heterocycles. The van der Waals surface area contributed by atoms with E-state index in [1.54, 1.807) is 0 Å². The van der Waals surface area contributed by atoms with E-state index in [1.165, 1.54) is 6.07 Å². The van der Waals surface area contributed by atoms with Gasteiger partial charge in [0.05, 0.1) is 15.6 Å². The Balaban J connectivity index is 0.00000144. The van der Waals surface area contributed by atoms with Gasteiger partial charge in [-0.05, 0) is 6.07 Å². The molecule has 0 spiro atoms. The Morgan fingerprint density at radius 2 is 1.54 bits per heavy atom. The smallest absolute Gasteiger partial charge is 0.142 e. The molecule has 0 saturated carbocycles. The van der Waals surface area contributed by atoms with E-state index in [2.05, 4.69) is 0 Å². The van der Waals surface area contributed by atoms with Gasteiger partial charge in [-0.3, -0.25) is 0 Å². The maximum atomic E-state index is 9.27. The highest BCUT2D eigenvalue weighted by molar-refractivity contribution is 6.36. The lowest BCUT2D eigenvalue weighted by Gasteiger charge is -2.07. The summed E-state index contributed by atoms with van der Waals surface area (Å²) in [6, 6.07) is 1.26. The Bertz CT molecular complexity index is 291. The largest absolute Gasteiger partial charge is 0.506 e. The Labute approximate surface area is 91.5 Å². The number of benzene rings is 1. The maximum absolute atomic E-state index is 9.27. The van der Waals surface area contributed by atoms with Crippen molar-refractivity contribution in [1.82, 2.24) is 0 Å². The Hall–Kier alpha value is -0.350. The van der Waals surface area contributed by atoms with Crippen LogP contribution in [0.3, 0.4) is 0 Å². The van der Waals surface area contributed by atoms with Crippen molar-refractivity contribution in [3.63, 3.8) is 0 Å². The molecule has 0 bridgehead atoms. The fourth-order valence-corrected chi connectivity index (χ4v) is 1.34. The van der Waals surface area contributed by atoms with Crippen LogP contribution in [0.25, 0.3) is 0 Å². The van der Waals surface area contributed by atoms with Crippen LogP contribution in [0.15, 0.2) is 6.07 Å². The first-order valence-corrected chi connectivity index (χ1v) is 3.92. The summed E-state index contributed by atoms with van der Waals surface area (Å²) in [6.45, 7) is -0.0159. The molecular weight excluding hydrogens is 236 g/mol. The zero-order chi connectivity index (χ0) is 9.30. The number of nitrogens with two attached hydrogens (primary N) is 1. The summed E-state index contributed by atoms with van der Waals surface area (Å²) < 4.78 is 0. The maximum Gasteiger partial charge on any atom is 0.142 e. The Morgan fingerprint density at radius 3 is 1.85 bits per heavy atom. The molecule has 0 fully saturated rings. The van der Waals surface area contributed by atoms with Crippen LogP contribution in [-0.4, -0.2) is 10.2 Å². The third kappa shape index (κ3) is 2.31. The number of phenolic OH excluding ortho intramolecular Hbond substituents is 2. The fourth-order valence-electron chi connectivity index (χ4n) is 0.842. The van der Waals surface area contributed by atoms with Gasteiger partial charge < -0.3 is 15.9 Å². The molecule has 3 nitrogen and oxygen atoms in total. The van der Waals surface area contributed by atoms with Crippen molar-refractivity contribution in [1.29, 1.82) is 0 Å². The van der Waals surface area contributed by atoms with Crippen LogP contribution in [0.1, 0.15) is 5.56 Å². The van der Waals surface area contributed by atoms with Gasteiger partial charge in [0, 0.05) is 6.54 Å². The number of phenols is 2. The number of rotatable bonds is 1. The topological polar surface area (TPSA) is 66.5 Å². The molecule has 0 aliphatic heterocycles. The van der Waals surface area contributed by atoms with Crippen LogP contribution in [0, 0.1) is 0 Å². The first-order valence-electron chi connectivity index (χ1n) is 3.16. The number of hydrogen-bond acceptors (Lipinski definition) is 3. The van der Waals surface area contributed by atoms with Crippen LogP contribution >= 0.6 is 35.6 Å². The summed E-state index contributed by atoms with van der Waals surface area (Å²) in [5.41, 5.74) is 5.41. The highest BCUT2D eigenvalue weighted by atomic mass is 35.5. The van der Waals surface area contributed by atoms with Gasteiger partial charge in [0.25, 0.3) is 0 Å². The average Bonchev–Trinajstić information content (AvgIpc) is 2.02. The number of halogens is 3. The molecule has 0 heterocycles. The van der Waals surface area contributed by atoms with Crippen molar-refractivity contribution in [2.45, 2.75) is 6.54 Å². The summed E-state index contributed by atoms with van der Waals surface area (Å²) in [6.07, 6.45) is 0. The molecule has 0 unspecified atom stereocenters. The molecule has 4 N–H and O–H groups in total. The van der Waals surface area contributed by atoms with E-state index < -0.39 is 0 Å². The summed E-state index contributed by atoms with van der Waals surface area (Å²) in [7, 11) is 0. The summed E-state index contributed by atoms with van der Waals surface area (Å²) in [4.78, 5) is 0. The van der Waals surface area contributed by atoms with E-state index in [0.29, 0.717) is 0 Å². The molecule has 13 heavy (non-hydrogen) atoms. The van der Waals surface area contributed by atoms with Gasteiger partial charge in [-0.25, -0.2) is 0 Å². The Kier molecular flexibility index (Phi) is 4.64. The predicted octanol–water partition coefficient (Wildman–Crippen LogP) is 2.29. The van der Waals surface area contributed by atoms with Crippen LogP contribution in [0.4, 0.5) is 0 Å². The van der Waals surface area contributed by atoms with Gasteiger partial charge in [0.2, 0.25) is 0 Å². The minimum Gasteiger partial charge on any atom is -0.506 e. The van der Waals surface area contributed by atoms with Crippen molar-refractivity contribution in [2.24, 2.45) is 5.73 Å². The summed E-state index contributed by atoms with van der Waals surface area (Å²) in [5.74, 6) is -0.442. The third-order valence-electron chi connectivity index (χ3n) is 1.48. The van der Waals surface area contributed by atoms with Crippen LogP contribution < -0.4 is 5.73 Å². The molecule has 0 radical (unpaired) electrons. The van der Waals surface area contributed by atoms with Gasteiger partial charge in [-0.1, -0.05) is 23.2 Å². The van der Waals surface area contributed by atoms with Crippen LogP contribution in [0.2, 0.25) is 10.0 Å². The molecule has 6 heteroatoms. The van der Waals surface area contributed by atoms with E-state index in [9.17, 15) is 10.2 Å². The number of hydrogen-bond donors (Lipinski definition) is 3. The zero-order valence-electron chi connectivity index (χ0n) is 6.42. The molecule has 0 aliphatic carbocycles. The van der Waals surface area contributed by atoms with Crippen molar-refractivity contribution >= 4 is 35.6 Å². The minimum absolute atomic E-state index is 0. The molecule has 1 aromatic carbocycles. The highest BCUT2D eigenvalue weighted by Gasteiger charge is 2.13. The van der Waals surface area contributed by atoms with E-state index in [1.807, 2.05) is 0 Å². The highest BCUT2D eigenvalue weighted by Crippen LogP contribution is 2.39. The third-order valence-corrected chi connectivity index (χ3v) is 2.06. The molecule has 0 aliphatic rings. The van der Waals surface area contributed by atoms with Gasteiger partial charge in [0.1, 0.15) is 11.5 Å². The van der Waals surface area contributed by atoms with Crippen molar-refractivity contribution in [3.8, 4) is 11.5 Å². The number of aromatic hydroxyl groups is 2. The van der Waals surface area contributed by atoms with Crippen molar-refractivity contribution in [2.75, 3.05) is 0 Å². The molecule has 1 aromatic rings. The van der Waals surface area contributed by atoms with E-state index in [-0.39, 0.29) is 46.1 Å². The lowest BCUT2D eigenvalue weighted by atomic mass is 10.2. The first kappa shape index (κ1) is 12.7. The normalized spacial score (nSPS) is 9.46. The zero-order valence-corrected chi connectivity index (χ0v) is 8.75. The lowest BCUT2D eigenvalue weighted by molar-refractivity contribution is 0.439. The predicted molar refractivity (Wildman–Crippen MR) is 54.9 cm³/mol. The summed E-state index contributed by atoms with van der Waals surface area (Å²) >= 11 is 11.1. The molecular formula is C7H8Cl3NO2. The van der Waals surface area contributed by atoms with Crippen molar-refractivity contribution in [3.05, 3.63) is 21.7 Å². The molecule has 0 atom stereocenters. The Morgan fingerprint density at radius 1 is 1.15 bits per heavy atom. The van der Waals surface area contributed by atoms with Gasteiger partial charge in [-0.15, -0.1) is 12.4 Å². The second kappa shape index (κ2) is 4.77. The molecule has 0 amide bonds. The van der Waals surface area contributed by atoms with Gasteiger partial charge in [0.15, 0.2) is 0 Å². The fraction of sp³-hybridized carbons (Fsp3) is 0.143. The molecule has 74 valence electrons. The average molecular weight is 245 g/mol. The van der Waals surface area contributed by atoms with E-state index >= 15 is 0 Å². The summed E-state index contributed by atoms with van der Waals surface area (Å²) in [5, 5.41) is 18.7. The first-order chi connectivity index (χ1) is 5.57. The molecule has 0 saturated heterocycles. The van der Waals surface area contributed by atoms with E-state index in [4.69, 9.17) is 28.9 Å². The molecule has 1 rings (SSSR count). The second-order valence-electron chi connectivity index (χ2n) is 2.22. The van der Waals surface area contributed by atoms with Gasteiger partial charge >= 0.3 is 0 Å². The minimum atomic E-state index is -0.221. The van der Waals surface area contributed by atoms with Crippen LogP contribution in [0.5, 0.6) is 11.5 Å². The standard InChI is InChI=1S/C7H7Cl2NO2.ClH/c8-4-1-5(9)7(12)3(2-10)6(4)11;/h1,11-12H,2,10H2;1H. The monoisotopic (exact) mass is 243 g/mol. The van der Waals surface area contributed by atoms with Gasteiger partial charge in [-0.2, -0.15) is 0 Å². The SMILES string of the molecule is Cl.NCc1c(O)c(Cl)cc(Cl)c1O. The quantitative estimate of drug-likeness (QED) is 0.710. The second-order valence-corrected chi connectivity index (χ2v) is 3.03.